The summed E-state index contributed by atoms with van der Waals surface area (Å²) in [7, 11) is 1.91. The third-order valence-electron chi connectivity index (χ3n) is 2.90. The molecule has 0 unspecified atom stereocenters. The zero-order chi connectivity index (χ0) is 10.7. The molecule has 1 aliphatic heterocycles. The number of halogens is 1. The fraction of sp³-hybridized carbons (Fsp3) is 0.545. The van der Waals surface area contributed by atoms with Crippen LogP contribution in [0.25, 0.3) is 0 Å². The number of nitrogens with zero attached hydrogens (tertiary/aromatic N) is 2. The highest BCUT2D eigenvalue weighted by Crippen LogP contribution is 2.28. The molecule has 0 spiro atoms. The molecular weight excluding hydrogens is 193 g/mol. The van der Waals surface area contributed by atoms with Gasteiger partial charge in [0, 0.05) is 12.7 Å². The summed E-state index contributed by atoms with van der Waals surface area (Å²) in [5, 5.41) is 2.15. The van der Waals surface area contributed by atoms with Gasteiger partial charge < -0.3 is 0 Å². The number of hydrogen-bond donors (Lipinski definition) is 1. The van der Waals surface area contributed by atoms with Crippen molar-refractivity contribution < 1.29 is 4.39 Å². The molecule has 1 fully saturated rings. The smallest absolute Gasteiger partial charge is 0.141 e. The van der Waals surface area contributed by atoms with Gasteiger partial charge in [0.2, 0.25) is 0 Å². The summed E-state index contributed by atoms with van der Waals surface area (Å²) in [6.45, 7) is 1.01. The number of piperidine rings is 1. The van der Waals surface area contributed by atoms with Crippen molar-refractivity contribution in [1.82, 2.24) is 15.4 Å². The van der Waals surface area contributed by atoms with Crippen LogP contribution in [-0.2, 0) is 0 Å². The van der Waals surface area contributed by atoms with Gasteiger partial charge in [-0.2, -0.15) is 0 Å². The van der Waals surface area contributed by atoms with E-state index in [0.717, 1.165) is 18.5 Å². The third-order valence-corrected chi connectivity index (χ3v) is 2.90. The van der Waals surface area contributed by atoms with Crippen LogP contribution in [-0.4, -0.2) is 23.6 Å². The average Bonchev–Trinajstić information content (AvgIpc) is 2.29. The van der Waals surface area contributed by atoms with Crippen molar-refractivity contribution in [2.45, 2.75) is 25.3 Å². The van der Waals surface area contributed by atoms with Crippen molar-refractivity contribution in [3.05, 3.63) is 29.8 Å². The average molecular weight is 209 g/mol. The molecule has 2 heterocycles. The molecule has 0 amide bonds. The van der Waals surface area contributed by atoms with Crippen LogP contribution in [0.3, 0.4) is 0 Å². The summed E-state index contributed by atoms with van der Waals surface area (Å²) in [6.07, 6.45) is 6.45. The summed E-state index contributed by atoms with van der Waals surface area (Å²) in [4.78, 5) is 3.90. The molecule has 1 N–H and O–H groups in total. The molecule has 1 aromatic heterocycles. The van der Waals surface area contributed by atoms with Crippen LogP contribution < -0.4 is 5.43 Å². The van der Waals surface area contributed by atoms with Crippen molar-refractivity contribution in [3.63, 3.8) is 0 Å². The molecule has 0 aromatic carbocycles. The Morgan fingerprint density at radius 3 is 3.07 bits per heavy atom. The van der Waals surface area contributed by atoms with Crippen LogP contribution >= 0.6 is 0 Å². The second-order valence-corrected chi connectivity index (χ2v) is 3.87. The van der Waals surface area contributed by atoms with E-state index in [1.54, 1.807) is 12.3 Å². The predicted octanol–water partition coefficient (Wildman–Crippen LogP) is 1.88. The maximum absolute atomic E-state index is 13.1. The first kappa shape index (κ1) is 10.5. The van der Waals surface area contributed by atoms with E-state index in [1.807, 2.05) is 7.05 Å². The number of rotatable bonds is 2. The molecule has 82 valence electrons. The molecule has 1 aliphatic rings. The molecule has 0 bridgehead atoms. The van der Waals surface area contributed by atoms with Crippen molar-refractivity contribution in [1.29, 1.82) is 0 Å². The van der Waals surface area contributed by atoms with E-state index in [2.05, 4.69) is 15.4 Å². The van der Waals surface area contributed by atoms with Gasteiger partial charge in [-0.3, -0.25) is 10.4 Å². The van der Waals surface area contributed by atoms with Gasteiger partial charge in [-0.15, -0.1) is 0 Å². The Kier molecular flexibility index (Phi) is 3.28. The van der Waals surface area contributed by atoms with Gasteiger partial charge >= 0.3 is 0 Å². The van der Waals surface area contributed by atoms with E-state index >= 15 is 0 Å². The van der Waals surface area contributed by atoms with E-state index in [9.17, 15) is 4.39 Å². The molecule has 4 heteroatoms. The molecule has 2 rings (SSSR count). The summed E-state index contributed by atoms with van der Waals surface area (Å²) in [5.41, 5.74) is 4.12. The van der Waals surface area contributed by atoms with Crippen LogP contribution in [0.1, 0.15) is 30.9 Å². The minimum Gasteiger partial charge on any atom is -0.261 e. The quantitative estimate of drug-likeness (QED) is 0.806. The standard InChI is InChI=1S/C11H16FN3/c1-13-15-5-3-2-4-11(15)9-6-10(12)8-14-7-9/h6-8,11,13H,2-5H2,1H3/t11-/m1/s1. The summed E-state index contributed by atoms with van der Waals surface area (Å²) in [6, 6.07) is 1.83. The highest BCUT2D eigenvalue weighted by atomic mass is 19.1. The SMILES string of the molecule is CNN1CCCC[C@@H]1c1cncc(F)c1. The minimum atomic E-state index is -0.255. The minimum absolute atomic E-state index is 0.255. The van der Waals surface area contributed by atoms with Gasteiger partial charge in [0.05, 0.1) is 12.2 Å². The summed E-state index contributed by atoms with van der Waals surface area (Å²) < 4.78 is 13.1. The van der Waals surface area contributed by atoms with E-state index < -0.39 is 0 Å². The van der Waals surface area contributed by atoms with E-state index in [1.165, 1.54) is 19.0 Å². The van der Waals surface area contributed by atoms with Crippen molar-refractivity contribution >= 4 is 0 Å². The summed E-state index contributed by atoms with van der Waals surface area (Å²) in [5.74, 6) is -0.255. The number of nitrogens with one attached hydrogen (secondary N) is 1. The largest absolute Gasteiger partial charge is 0.261 e. The molecule has 1 atom stereocenters. The lowest BCUT2D eigenvalue weighted by Gasteiger charge is -2.34. The van der Waals surface area contributed by atoms with Gasteiger partial charge in [-0.1, -0.05) is 6.42 Å². The Morgan fingerprint density at radius 2 is 2.33 bits per heavy atom. The van der Waals surface area contributed by atoms with Gasteiger partial charge in [-0.05, 0) is 31.5 Å². The lowest BCUT2D eigenvalue weighted by atomic mass is 9.98. The Morgan fingerprint density at radius 1 is 1.47 bits per heavy atom. The number of hydrazine groups is 1. The third kappa shape index (κ3) is 2.33. The fourth-order valence-corrected chi connectivity index (χ4v) is 2.16. The molecule has 0 aliphatic carbocycles. The monoisotopic (exact) mass is 209 g/mol. The first-order valence-corrected chi connectivity index (χ1v) is 5.36. The van der Waals surface area contributed by atoms with E-state index in [4.69, 9.17) is 0 Å². The normalized spacial score (nSPS) is 22.9. The van der Waals surface area contributed by atoms with Crippen LogP contribution in [0.4, 0.5) is 4.39 Å². The zero-order valence-corrected chi connectivity index (χ0v) is 8.91. The van der Waals surface area contributed by atoms with Gasteiger partial charge in [0.15, 0.2) is 0 Å². The summed E-state index contributed by atoms with van der Waals surface area (Å²) >= 11 is 0. The highest BCUT2D eigenvalue weighted by Gasteiger charge is 2.23. The topological polar surface area (TPSA) is 28.2 Å². The van der Waals surface area contributed by atoms with Gasteiger partial charge in [0.25, 0.3) is 0 Å². The molecule has 1 aromatic rings. The predicted molar refractivity (Wildman–Crippen MR) is 56.6 cm³/mol. The van der Waals surface area contributed by atoms with Crippen LogP contribution in [0, 0.1) is 5.82 Å². The van der Waals surface area contributed by atoms with Crippen molar-refractivity contribution in [3.8, 4) is 0 Å². The van der Waals surface area contributed by atoms with Crippen LogP contribution in [0.5, 0.6) is 0 Å². The lowest BCUT2D eigenvalue weighted by molar-refractivity contribution is 0.0980. The first-order valence-electron chi connectivity index (χ1n) is 5.36. The molecule has 0 radical (unpaired) electrons. The second kappa shape index (κ2) is 4.68. The lowest BCUT2D eigenvalue weighted by Crippen LogP contribution is -2.41. The number of hydrogen-bond acceptors (Lipinski definition) is 3. The second-order valence-electron chi connectivity index (χ2n) is 3.87. The Balaban J connectivity index is 2.20. The molecule has 0 saturated carbocycles. The van der Waals surface area contributed by atoms with Crippen molar-refractivity contribution in [2.75, 3.05) is 13.6 Å². The zero-order valence-electron chi connectivity index (χ0n) is 8.91. The van der Waals surface area contributed by atoms with Crippen molar-refractivity contribution in [2.24, 2.45) is 0 Å². The molecule has 3 nitrogen and oxygen atoms in total. The van der Waals surface area contributed by atoms with E-state index in [-0.39, 0.29) is 11.9 Å². The first-order chi connectivity index (χ1) is 7.31. The van der Waals surface area contributed by atoms with Crippen LogP contribution in [0.15, 0.2) is 18.5 Å². The maximum atomic E-state index is 13.1. The van der Waals surface area contributed by atoms with E-state index in [0.29, 0.717) is 0 Å². The Labute approximate surface area is 89.3 Å². The number of aromatic nitrogens is 1. The molecule has 15 heavy (non-hydrogen) atoms. The Bertz CT molecular complexity index is 329. The number of pyridine rings is 1. The van der Waals surface area contributed by atoms with Crippen LogP contribution in [0.2, 0.25) is 0 Å². The fourth-order valence-electron chi connectivity index (χ4n) is 2.16. The van der Waals surface area contributed by atoms with Gasteiger partial charge in [-0.25, -0.2) is 9.40 Å². The van der Waals surface area contributed by atoms with Gasteiger partial charge in [0.1, 0.15) is 5.82 Å². The Hall–Kier alpha value is -1.00. The maximum Gasteiger partial charge on any atom is 0.141 e. The molecule has 1 saturated heterocycles. The highest BCUT2D eigenvalue weighted by molar-refractivity contribution is 5.15. The molecular formula is C11H16FN3.